The summed E-state index contributed by atoms with van der Waals surface area (Å²) in [6.45, 7) is 1.67. The van der Waals surface area contributed by atoms with Gasteiger partial charge in [-0.15, -0.1) is 0 Å². The first-order valence-electron chi connectivity index (χ1n) is 6.79. The molecule has 22 heavy (non-hydrogen) atoms. The van der Waals surface area contributed by atoms with Crippen LogP contribution >= 0.6 is 11.8 Å². The molecule has 3 amide bonds. The van der Waals surface area contributed by atoms with Crippen molar-refractivity contribution in [3.8, 4) is 0 Å². The van der Waals surface area contributed by atoms with Gasteiger partial charge in [0.2, 0.25) is 0 Å². The van der Waals surface area contributed by atoms with Crippen LogP contribution in [0, 0.1) is 17.0 Å². The summed E-state index contributed by atoms with van der Waals surface area (Å²) >= 11 is 1.61. The third kappa shape index (κ3) is 3.22. The summed E-state index contributed by atoms with van der Waals surface area (Å²) in [6.07, 6.45) is 2.52. The van der Waals surface area contributed by atoms with Gasteiger partial charge in [-0.05, 0) is 30.9 Å². The number of nitrogens with zero attached hydrogens (tertiary/aromatic N) is 2. The number of hydrogen-bond donors (Lipinski definition) is 1. The van der Waals surface area contributed by atoms with Gasteiger partial charge >= 0.3 is 6.03 Å². The van der Waals surface area contributed by atoms with Crippen molar-refractivity contribution >= 4 is 29.4 Å². The number of nitro groups is 1. The Balaban J connectivity index is 2.17. The minimum absolute atomic E-state index is 0.0107. The molecule has 7 nitrogen and oxygen atoms in total. The predicted molar refractivity (Wildman–Crippen MR) is 83.7 cm³/mol. The van der Waals surface area contributed by atoms with Gasteiger partial charge in [-0.2, -0.15) is 11.8 Å². The number of urea groups is 1. The topological polar surface area (TPSA) is 92.6 Å². The van der Waals surface area contributed by atoms with Crippen LogP contribution in [0.3, 0.4) is 0 Å². The van der Waals surface area contributed by atoms with Crippen molar-refractivity contribution in [1.82, 2.24) is 10.2 Å². The first kappa shape index (κ1) is 16.3. The van der Waals surface area contributed by atoms with Crippen molar-refractivity contribution in [3.63, 3.8) is 0 Å². The van der Waals surface area contributed by atoms with Crippen LogP contribution in [0.25, 0.3) is 0 Å². The largest absolute Gasteiger partial charge is 0.326 e. The molecular weight excluding hydrogens is 306 g/mol. The van der Waals surface area contributed by atoms with Gasteiger partial charge in [0.25, 0.3) is 11.6 Å². The Morgan fingerprint density at radius 3 is 2.77 bits per heavy atom. The Bertz CT molecular complexity index is 620. The summed E-state index contributed by atoms with van der Waals surface area (Å²) in [5.41, 5.74) is 1.06. The van der Waals surface area contributed by atoms with Crippen molar-refractivity contribution in [1.29, 1.82) is 0 Å². The summed E-state index contributed by atoms with van der Waals surface area (Å²) in [5.74, 6) is 0.505. The fraction of sp³-hybridized carbons (Fsp3) is 0.429. The Morgan fingerprint density at radius 1 is 1.41 bits per heavy atom. The van der Waals surface area contributed by atoms with Gasteiger partial charge in [0, 0.05) is 11.6 Å². The third-order valence-electron chi connectivity index (χ3n) is 3.66. The molecule has 1 aliphatic rings. The highest BCUT2D eigenvalue weighted by Crippen LogP contribution is 2.23. The third-order valence-corrected chi connectivity index (χ3v) is 4.30. The molecule has 1 fully saturated rings. The van der Waals surface area contributed by atoms with Crippen molar-refractivity contribution < 1.29 is 14.5 Å². The van der Waals surface area contributed by atoms with Gasteiger partial charge in [0.1, 0.15) is 6.04 Å². The smallest absolute Gasteiger partial charge is 0.325 e. The molecule has 8 heteroatoms. The van der Waals surface area contributed by atoms with Crippen molar-refractivity contribution in [2.24, 2.45) is 0 Å². The van der Waals surface area contributed by atoms with E-state index in [4.69, 9.17) is 0 Å². The van der Waals surface area contributed by atoms with Crippen molar-refractivity contribution in [2.45, 2.75) is 25.9 Å². The highest BCUT2D eigenvalue weighted by atomic mass is 32.2. The minimum atomic E-state index is -0.501. The van der Waals surface area contributed by atoms with E-state index in [1.807, 2.05) is 6.26 Å². The van der Waals surface area contributed by atoms with E-state index in [-0.39, 0.29) is 18.1 Å². The molecule has 1 unspecified atom stereocenters. The van der Waals surface area contributed by atoms with Crippen molar-refractivity contribution in [2.75, 3.05) is 12.0 Å². The molecule has 1 N–H and O–H groups in total. The zero-order chi connectivity index (χ0) is 16.3. The number of benzene rings is 1. The molecule has 0 aromatic heterocycles. The summed E-state index contributed by atoms with van der Waals surface area (Å²) in [6, 6.07) is 3.72. The van der Waals surface area contributed by atoms with Crippen LogP contribution in [0.15, 0.2) is 18.2 Å². The number of imide groups is 1. The maximum Gasteiger partial charge on any atom is 0.325 e. The van der Waals surface area contributed by atoms with Gasteiger partial charge in [0.15, 0.2) is 0 Å². The summed E-state index contributed by atoms with van der Waals surface area (Å²) in [7, 11) is 0. The first-order chi connectivity index (χ1) is 10.5. The molecule has 1 atom stereocenters. The van der Waals surface area contributed by atoms with Crippen LogP contribution in [-0.2, 0) is 11.3 Å². The molecule has 0 spiro atoms. The fourth-order valence-electron chi connectivity index (χ4n) is 2.37. The number of hydrogen-bond acceptors (Lipinski definition) is 5. The average molecular weight is 323 g/mol. The number of nitro benzene ring substituents is 1. The standard InChI is InChI=1S/C14H17N3O4S/c1-9-10(4-3-5-12(9)17(20)21)8-16-13(18)11(6-7-22-2)15-14(16)19/h3-5,11H,6-8H2,1-2H3,(H,15,19). The van der Waals surface area contributed by atoms with E-state index in [1.165, 1.54) is 6.07 Å². The number of carbonyl (C=O) groups excluding carboxylic acids is 2. The molecule has 1 aliphatic heterocycles. The second-order valence-electron chi connectivity index (χ2n) is 5.03. The Kier molecular flexibility index (Phi) is 5.02. The van der Waals surface area contributed by atoms with Gasteiger partial charge in [0.05, 0.1) is 11.5 Å². The minimum Gasteiger partial charge on any atom is -0.326 e. The van der Waals surface area contributed by atoms with Gasteiger partial charge < -0.3 is 5.32 Å². The van der Waals surface area contributed by atoms with E-state index in [0.717, 1.165) is 10.7 Å². The van der Waals surface area contributed by atoms with E-state index >= 15 is 0 Å². The van der Waals surface area contributed by atoms with Crippen LogP contribution in [0.5, 0.6) is 0 Å². The highest BCUT2D eigenvalue weighted by Gasteiger charge is 2.37. The zero-order valence-corrected chi connectivity index (χ0v) is 13.2. The molecular formula is C14H17N3O4S. The van der Waals surface area contributed by atoms with E-state index in [1.54, 1.807) is 30.8 Å². The summed E-state index contributed by atoms with van der Waals surface area (Å²) < 4.78 is 0. The maximum absolute atomic E-state index is 12.3. The molecule has 1 aromatic carbocycles. The molecule has 0 radical (unpaired) electrons. The van der Waals surface area contributed by atoms with Gasteiger partial charge in [-0.1, -0.05) is 12.1 Å². The summed E-state index contributed by atoms with van der Waals surface area (Å²) in [5, 5.41) is 13.6. The van der Waals surface area contributed by atoms with E-state index in [0.29, 0.717) is 17.5 Å². The number of nitrogens with one attached hydrogen (secondary N) is 1. The lowest BCUT2D eigenvalue weighted by molar-refractivity contribution is -0.385. The lowest BCUT2D eigenvalue weighted by atomic mass is 10.1. The molecule has 1 heterocycles. The summed E-state index contributed by atoms with van der Waals surface area (Å²) in [4.78, 5) is 35.8. The van der Waals surface area contributed by atoms with Crippen LogP contribution in [0.1, 0.15) is 17.5 Å². The van der Waals surface area contributed by atoms with E-state index in [9.17, 15) is 19.7 Å². The Labute approximate surface area is 132 Å². The molecule has 0 bridgehead atoms. The molecule has 1 saturated heterocycles. The normalized spacial score (nSPS) is 17.7. The zero-order valence-electron chi connectivity index (χ0n) is 12.4. The monoisotopic (exact) mass is 323 g/mol. The Hall–Kier alpha value is -2.09. The van der Waals surface area contributed by atoms with Crippen LogP contribution in [0.4, 0.5) is 10.5 Å². The van der Waals surface area contributed by atoms with Crippen LogP contribution < -0.4 is 5.32 Å². The fourth-order valence-corrected chi connectivity index (χ4v) is 2.84. The molecule has 2 rings (SSSR count). The van der Waals surface area contributed by atoms with Crippen molar-refractivity contribution in [3.05, 3.63) is 39.4 Å². The average Bonchev–Trinajstić information content (AvgIpc) is 2.74. The van der Waals surface area contributed by atoms with Gasteiger partial charge in [-0.25, -0.2) is 4.79 Å². The first-order valence-corrected chi connectivity index (χ1v) is 8.18. The maximum atomic E-state index is 12.3. The van der Waals surface area contributed by atoms with Crippen LogP contribution in [0.2, 0.25) is 0 Å². The van der Waals surface area contributed by atoms with E-state index in [2.05, 4.69) is 5.32 Å². The lowest BCUT2D eigenvalue weighted by Gasteiger charge is -2.14. The number of thioether (sulfide) groups is 1. The molecule has 0 aliphatic carbocycles. The lowest BCUT2D eigenvalue weighted by Crippen LogP contribution is -2.31. The number of amides is 3. The number of rotatable bonds is 6. The highest BCUT2D eigenvalue weighted by molar-refractivity contribution is 7.98. The molecule has 0 saturated carbocycles. The van der Waals surface area contributed by atoms with Crippen LogP contribution in [-0.4, -0.2) is 39.8 Å². The second kappa shape index (κ2) is 6.78. The quantitative estimate of drug-likeness (QED) is 0.491. The second-order valence-corrected chi connectivity index (χ2v) is 6.01. The SMILES string of the molecule is CSCCC1NC(=O)N(Cc2cccc([N+](=O)[O-])c2C)C1=O. The molecule has 118 valence electrons. The number of carbonyl (C=O) groups is 2. The van der Waals surface area contributed by atoms with Gasteiger partial charge in [-0.3, -0.25) is 19.8 Å². The predicted octanol–water partition coefficient (Wildman–Crippen LogP) is 2.08. The molecule has 1 aromatic rings. The van der Waals surface area contributed by atoms with E-state index < -0.39 is 17.0 Å². The Morgan fingerprint density at radius 2 is 2.14 bits per heavy atom.